The van der Waals surface area contributed by atoms with E-state index in [1.54, 1.807) is 0 Å². The van der Waals surface area contributed by atoms with E-state index in [-0.39, 0.29) is 0 Å². The van der Waals surface area contributed by atoms with Gasteiger partial charge in [-0.1, -0.05) is 19.9 Å². The third-order valence-corrected chi connectivity index (χ3v) is 3.14. The highest BCUT2D eigenvalue weighted by Gasteiger charge is 2.12. The fourth-order valence-electron chi connectivity index (χ4n) is 1.83. The molecule has 2 heteroatoms. The van der Waals surface area contributed by atoms with Crippen molar-refractivity contribution in [1.29, 1.82) is 0 Å². The van der Waals surface area contributed by atoms with Crippen LogP contribution in [0.2, 0.25) is 0 Å². The van der Waals surface area contributed by atoms with Gasteiger partial charge in [0.15, 0.2) is 0 Å². The molecule has 0 aliphatic heterocycles. The number of rotatable bonds is 2. The van der Waals surface area contributed by atoms with Gasteiger partial charge in [0.2, 0.25) is 0 Å². The quantitative estimate of drug-likeness (QED) is 0.740. The Bertz CT molecular complexity index is 343. The van der Waals surface area contributed by atoms with Crippen molar-refractivity contribution in [3.8, 4) is 5.75 Å². The van der Waals surface area contributed by atoms with Crippen LogP contribution < -0.4 is 0 Å². The van der Waals surface area contributed by atoms with Crippen LogP contribution in [-0.2, 0) is 6.16 Å². The van der Waals surface area contributed by atoms with E-state index in [4.69, 9.17) is 0 Å². The summed E-state index contributed by atoms with van der Waals surface area (Å²) in [5.74, 6) is 0.968. The minimum atomic E-state index is 0.451. The molecular weight excluding hydrogens is 191 g/mol. The highest BCUT2D eigenvalue weighted by molar-refractivity contribution is 7.15. The molecule has 0 aliphatic carbocycles. The molecule has 1 aromatic carbocycles. The maximum Gasteiger partial charge on any atom is 0.121 e. The number of aromatic hydroxyl groups is 1. The smallest absolute Gasteiger partial charge is 0.121 e. The van der Waals surface area contributed by atoms with E-state index in [1.807, 2.05) is 13.8 Å². The summed E-state index contributed by atoms with van der Waals surface area (Å²) in [7, 11) is 2.73. The molecule has 14 heavy (non-hydrogen) atoms. The van der Waals surface area contributed by atoms with Crippen molar-refractivity contribution in [2.45, 2.75) is 39.8 Å². The van der Waals surface area contributed by atoms with E-state index >= 15 is 0 Å². The van der Waals surface area contributed by atoms with Crippen molar-refractivity contribution in [1.82, 2.24) is 0 Å². The zero-order valence-corrected chi connectivity index (χ0v) is 10.5. The van der Waals surface area contributed by atoms with E-state index in [2.05, 4.69) is 29.2 Å². The summed E-state index contributed by atoms with van der Waals surface area (Å²) in [4.78, 5) is 0. The molecule has 0 aromatic heterocycles. The van der Waals surface area contributed by atoms with Gasteiger partial charge in [-0.3, -0.25) is 0 Å². The molecule has 0 fully saturated rings. The fraction of sp³-hybridized carbons (Fsp3) is 0.500. The predicted molar refractivity (Wildman–Crippen MR) is 65.1 cm³/mol. The normalized spacial score (nSPS) is 11.0. The molecule has 78 valence electrons. The largest absolute Gasteiger partial charge is 0.507 e. The van der Waals surface area contributed by atoms with Crippen LogP contribution in [0.25, 0.3) is 0 Å². The van der Waals surface area contributed by atoms with Crippen LogP contribution in [0.1, 0.15) is 42.0 Å². The van der Waals surface area contributed by atoms with Gasteiger partial charge in [-0.2, -0.15) is 0 Å². The van der Waals surface area contributed by atoms with E-state index in [0.29, 0.717) is 11.7 Å². The van der Waals surface area contributed by atoms with Crippen LogP contribution in [0.4, 0.5) is 0 Å². The van der Waals surface area contributed by atoms with Crippen molar-refractivity contribution in [2.24, 2.45) is 0 Å². The second-order valence-electron chi connectivity index (χ2n) is 4.09. The molecule has 1 aromatic rings. The highest BCUT2D eigenvalue weighted by atomic mass is 31.0. The summed E-state index contributed by atoms with van der Waals surface area (Å²) >= 11 is 0. The Morgan fingerprint density at radius 3 is 2.36 bits per heavy atom. The topological polar surface area (TPSA) is 20.2 Å². The van der Waals surface area contributed by atoms with E-state index in [1.165, 1.54) is 11.1 Å². The molecule has 0 amide bonds. The number of hydrogen-bond donors (Lipinski definition) is 1. The molecule has 0 heterocycles. The first-order chi connectivity index (χ1) is 6.49. The predicted octanol–water partition coefficient (Wildman–Crippen LogP) is 3.51. The molecule has 0 saturated carbocycles. The highest BCUT2D eigenvalue weighted by Crippen LogP contribution is 2.33. The van der Waals surface area contributed by atoms with Crippen molar-refractivity contribution < 1.29 is 5.11 Å². The van der Waals surface area contributed by atoms with E-state index < -0.39 is 0 Å². The first kappa shape index (κ1) is 11.5. The van der Waals surface area contributed by atoms with Crippen LogP contribution >= 0.6 is 9.24 Å². The Morgan fingerprint density at radius 1 is 1.36 bits per heavy atom. The molecule has 0 aliphatic rings. The third-order valence-electron chi connectivity index (χ3n) is 2.73. The average Bonchev–Trinajstić information content (AvgIpc) is 2.13. The summed E-state index contributed by atoms with van der Waals surface area (Å²) in [6.07, 6.45) is 0.910. The SMILES string of the molecule is Cc1cc(C(C)C)c(CP)c(C)c1O. The van der Waals surface area contributed by atoms with Crippen LogP contribution in [-0.4, -0.2) is 5.11 Å². The van der Waals surface area contributed by atoms with Gasteiger partial charge in [0.25, 0.3) is 0 Å². The lowest BCUT2D eigenvalue weighted by Crippen LogP contribution is -1.99. The Balaban J connectivity index is 3.43. The maximum atomic E-state index is 9.82. The Labute approximate surface area is 88.7 Å². The molecule has 1 N–H and O–H groups in total. The monoisotopic (exact) mass is 210 g/mol. The number of phenols is 1. The standard InChI is InChI=1S/C12H19OP/c1-7(2)10-5-8(3)12(13)9(4)11(10)6-14/h5,7,13H,6,14H2,1-4H3. The van der Waals surface area contributed by atoms with Crippen LogP contribution in [0.5, 0.6) is 5.75 Å². The second-order valence-corrected chi connectivity index (χ2v) is 4.50. The molecule has 0 spiro atoms. The van der Waals surface area contributed by atoms with Crippen molar-refractivity contribution >= 4 is 9.24 Å². The van der Waals surface area contributed by atoms with Crippen molar-refractivity contribution in [3.05, 3.63) is 28.3 Å². The molecular formula is C12H19OP. The Kier molecular flexibility index (Phi) is 3.55. The van der Waals surface area contributed by atoms with Gasteiger partial charge in [-0.25, -0.2) is 0 Å². The van der Waals surface area contributed by atoms with Crippen molar-refractivity contribution in [2.75, 3.05) is 0 Å². The van der Waals surface area contributed by atoms with Crippen LogP contribution in [0.15, 0.2) is 6.07 Å². The molecule has 1 unspecified atom stereocenters. The molecule has 1 atom stereocenters. The van der Waals surface area contributed by atoms with Gasteiger partial charge in [-0.15, -0.1) is 9.24 Å². The summed E-state index contributed by atoms with van der Waals surface area (Å²) < 4.78 is 0. The summed E-state index contributed by atoms with van der Waals surface area (Å²) in [5.41, 5.74) is 4.64. The number of hydrogen-bond acceptors (Lipinski definition) is 1. The lowest BCUT2D eigenvalue weighted by atomic mass is 9.92. The van der Waals surface area contributed by atoms with Gasteiger partial charge in [-0.05, 0) is 48.2 Å². The Hall–Kier alpha value is -0.550. The lowest BCUT2D eigenvalue weighted by molar-refractivity contribution is 0.465. The average molecular weight is 210 g/mol. The molecule has 0 saturated heterocycles. The lowest BCUT2D eigenvalue weighted by Gasteiger charge is -2.17. The van der Waals surface area contributed by atoms with Gasteiger partial charge < -0.3 is 5.11 Å². The number of benzene rings is 1. The zero-order valence-electron chi connectivity index (χ0n) is 9.39. The summed E-state index contributed by atoms with van der Waals surface area (Å²) in [6, 6.07) is 2.10. The number of phenolic OH excluding ortho intramolecular Hbond substituents is 1. The van der Waals surface area contributed by atoms with Gasteiger partial charge >= 0.3 is 0 Å². The zero-order chi connectivity index (χ0) is 10.9. The van der Waals surface area contributed by atoms with Crippen LogP contribution in [0, 0.1) is 13.8 Å². The maximum absolute atomic E-state index is 9.82. The van der Waals surface area contributed by atoms with Gasteiger partial charge in [0.05, 0.1) is 0 Å². The van der Waals surface area contributed by atoms with E-state index in [9.17, 15) is 5.11 Å². The minimum absolute atomic E-state index is 0.451. The van der Waals surface area contributed by atoms with Gasteiger partial charge in [0.1, 0.15) is 5.75 Å². The summed E-state index contributed by atoms with van der Waals surface area (Å²) in [5, 5.41) is 9.82. The van der Waals surface area contributed by atoms with Crippen LogP contribution in [0.3, 0.4) is 0 Å². The number of aryl methyl sites for hydroxylation is 1. The fourth-order valence-corrected chi connectivity index (χ4v) is 2.37. The molecule has 0 bridgehead atoms. The Morgan fingerprint density at radius 2 is 1.93 bits per heavy atom. The van der Waals surface area contributed by atoms with E-state index in [0.717, 1.165) is 17.3 Å². The first-order valence-corrected chi connectivity index (χ1v) is 5.82. The first-order valence-electron chi connectivity index (χ1n) is 5.01. The minimum Gasteiger partial charge on any atom is -0.507 e. The second kappa shape index (κ2) is 4.31. The molecule has 1 nitrogen and oxygen atoms in total. The summed E-state index contributed by atoms with van der Waals surface area (Å²) in [6.45, 7) is 8.33. The molecule has 0 radical (unpaired) electrons. The van der Waals surface area contributed by atoms with Gasteiger partial charge in [0, 0.05) is 0 Å². The third kappa shape index (κ3) is 1.93. The molecule has 1 rings (SSSR count). The van der Waals surface area contributed by atoms with Crippen molar-refractivity contribution in [3.63, 3.8) is 0 Å².